The Balaban J connectivity index is 4.59. The van der Waals surface area contributed by atoms with E-state index in [4.69, 9.17) is 9.26 Å². The van der Waals surface area contributed by atoms with Crippen molar-refractivity contribution in [2.45, 2.75) is 73.2 Å². The molecule has 142 valence electrons. The summed E-state index contributed by atoms with van der Waals surface area (Å²) in [5.74, 6) is -0.0500. The summed E-state index contributed by atoms with van der Waals surface area (Å²) in [6.07, 6.45) is -0.235. The molecule has 1 unspecified atom stereocenters. The zero-order valence-electron chi connectivity index (χ0n) is 16.0. The molecule has 0 saturated carbocycles. The van der Waals surface area contributed by atoms with Gasteiger partial charge < -0.3 is 9.26 Å². The predicted molar refractivity (Wildman–Crippen MR) is 99.4 cm³/mol. The van der Waals surface area contributed by atoms with E-state index in [9.17, 15) is 14.2 Å². The minimum atomic E-state index is -3.22. The van der Waals surface area contributed by atoms with Crippen LogP contribution in [0, 0.1) is 5.41 Å². The van der Waals surface area contributed by atoms with Gasteiger partial charge in [-0.25, -0.2) is 5.09 Å². The van der Waals surface area contributed by atoms with Gasteiger partial charge in [0, 0.05) is 16.8 Å². The number of nitrogens with one attached hydrogen (secondary N) is 1. The van der Waals surface area contributed by atoms with Gasteiger partial charge in [0.2, 0.25) is 0 Å². The van der Waals surface area contributed by atoms with Crippen LogP contribution in [0.3, 0.4) is 0 Å². The molecule has 0 aromatic carbocycles. The maximum absolute atomic E-state index is 12.9. The molecule has 6 nitrogen and oxygen atoms in total. The van der Waals surface area contributed by atoms with Crippen LogP contribution in [0.2, 0.25) is 0 Å². The van der Waals surface area contributed by atoms with E-state index >= 15 is 0 Å². The first-order valence-electron chi connectivity index (χ1n) is 8.19. The maximum Gasteiger partial charge on any atom is 0.323 e. The SMILES string of the molecule is CC(C)OC(=O)[C@H](C)NP(=O)(OCCSC(=O)C(C)(C)C)C(C)C. The molecule has 0 rings (SSSR count). The summed E-state index contributed by atoms with van der Waals surface area (Å²) < 4.78 is 23.6. The van der Waals surface area contributed by atoms with E-state index in [1.807, 2.05) is 20.8 Å². The molecule has 0 heterocycles. The van der Waals surface area contributed by atoms with E-state index in [0.29, 0.717) is 5.75 Å². The molecular weight excluding hydrogens is 349 g/mol. The van der Waals surface area contributed by atoms with Gasteiger partial charge in [0.25, 0.3) is 7.52 Å². The van der Waals surface area contributed by atoms with Gasteiger partial charge in [-0.1, -0.05) is 46.4 Å². The molecule has 0 saturated heterocycles. The second-order valence-corrected chi connectivity index (χ2v) is 11.1. The van der Waals surface area contributed by atoms with Crippen LogP contribution in [0.1, 0.15) is 55.4 Å². The minimum absolute atomic E-state index is 0.0623. The number of hydrogen-bond acceptors (Lipinski definition) is 6. The van der Waals surface area contributed by atoms with Crippen LogP contribution in [0.4, 0.5) is 0 Å². The largest absolute Gasteiger partial charge is 0.462 e. The molecule has 0 aliphatic rings. The first kappa shape index (κ1) is 23.6. The number of hydrogen-bond donors (Lipinski definition) is 1. The summed E-state index contributed by atoms with van der Waals surface area (Å²) in [6, 6.07) is -0.732. The Hall–Kier alpha value is -0.360. The second-order valence-electron chi connectivity index (χ2n) is 7.25. The van der Waals surface area contributed by atoms with Gasteiger partial charge in [-0.2, -0.15) is 0 Å². The summed E-state index contributed by atoms with van der Waals surface area (Å²) in [6.45, 7) is 14.4. The summed E-state index contributed by atoms with van der Waals surface area (Å²) in [7, 11) is -3.22. The number of carbonyl (C=O) groups is 2. The lowest BCUT2D eigenvalue weighted by Crippen LogP contribution is -2.37. The summed E-state index contributed by atoms with van der Waals surface area (Å²) in [5.41, 5.74) is -0.713. The van der Waals surface area contributed by atoms with Crippen molar-refractivity contribution in [1.29, 1.82) is 0 Å². The molecule has 0 bridgehead atoms. The van der Waals surface area contributed by atoms with Crippen LogP contribution >= 0.6 is 19.3 Å². The van der Waals surface area contributed by atoms with Crippen molar-refractivity contribution in [3.63, 3.8) is 0 Å². The highest BCUT2D eigenvalue weighted by Gasteiger charge is 2.32. The lowest BCUT2D eigenvalue weighted by molar-refractivity contribution is -0.149. The van der Waals surface area contributed by atoms with E-state index in [1.54, 1.807) is 34.6 Å². The Morgan fingerprint density at radius 3 is 2.08 bits per heavy atom. The zero-order valence-corrected chi connectivity index (χ0v) is 17.8. The predicted octanol–water partition coefficient (Wildman–Crippen LogP) is 3.84. The van der Waals surface area contributed by atoms with Gasteiger partial charge in [-0.15, -0.1) is 0 Å². The van der Waals surface area contributed by atoms with E-state index in [-0.39, 0.29) is 23.5 Å². The molecule has 0 amide bonds. The molecule has 0 aromatic rings. The van der Waals surface area contributed by atoms with E-state index in [2.05, 4.69) is 5.09 Å². The molecule has 0 aliphatic heterocycles. The fourth-order valence-corrected chi connectivity index (χ4v) is 4.10. The molecule has 1 N–H and O–H groups in total. The van der Waals surface area contributed by atoms with Crippen LogP contribution in [0.5, 0.6) is 0 Å². The third kappa shape index (κ3) is 8.65. The van der Waals surface area contributed by atoms with Gasteiger partial charge in [0.15, 0.2) is 5.12 Å². The molecule has 0 aliphatic carbocycles. The molecule has 0 aromatic heterocycles. The molecule has 2 atom stereocenters. The topological polar surface area (TPSA) is 81.7 Å². The van der Waals surface area contributed by atoms with Crippen molar-refractivity contribution in [3.05, 3.63) is 0 Å². The van der Waals surface area contributed by atoms with E-state index in [0.717, 1.165) is 11.8 Å². The highest BCUT2D eigenvalue weighted by Crippen LogP contribution is 2.48. The average molecular weight is 381 g/mol. The number of carbonyl (C=O) groups excluding carboxylic acids is 2. The fraction of sp³-hybridized carbons (Fsp3) is 0.875. The van der Waals surface area contributed by atoms with Crippen LogP contribution in [-0.4, -0.2) is 41.2 Å². The molecular formula is C16H32NO5PS. The number of ether oxygens (including phenoxy) is 1. The Bertz CT molecular complexity index is 474. The quantitative estimate of drug-likeness (QED) is 0.369. The minimum Gasteiger partial charge on any atom is -0.462 e. The standard InChI is InChI=1S/C16H32NO5PS/c1-11(2)22-14(18)13(5)17-23(20,12(3)4)21-9-10-24-15(19)16(6,7)8/h11-13H,9-10H2,1-8H3,(H,17,20)/t13-,23?/m0/s1. The Labute approximate surface area is 150 Å². The van der Waals surface area contributed by atoms with Crippen LogP contribution in [0.15, 0.2) is 0 Å². The molecule has 8 heteroatoms. The summed E-state index contributed by atoms with van der Waals surface area (Å²) in [5, 5.41) is 2.84. The Morgan fingerprint density at radius 1 is 1.12 bits per heavy atom. The highest BCUT2D eigenvalue weighted by molar-refractivity contribution is 8.13. The van der Waals surface area contributed by atoms with Crippen molar-refractivity contribution in [3.8, 4) is 0 Å². The van der Waals surface area contributed by atoms with Gasteiger partial charge in [-0.05, 0) is 20.8 Å². The van der Waals surface area contributed by atoms with E-state index in [1.165, 1.54) is 0 Å². The zero-order chi connectivity index (χ0) is 19.1. The maximum atomic E-state index is 12.9. The van der Waals surface area contributed by atoms with Crippen molar-refractivity contribution in [1.82, 2.24) is 5.09 Å². The van der Waals surface area contributed by atoms with Crippen molar-refractivity contribution in [2.75, 3.05) is 12.4 Å². The van der Waals surface area contributed by atoms with Gasteiger partial charge in [-0.3, -0.25) is 14.2 Å². The van der Waals surface area contributed by atoms with Crippen LogP contribution < -0.4 is 5.09 Å². The molecule has 0 spiro atoms. The normalized spacial score (nSPS) is 16.1. The lowest BCUT2D eigenvalue weighted by Gasteiger charge is -2.26. The van der Waals surface area contributed by atoms with Crippen molar-refractivity contribution < 1.29 is 23.4 Å². The first-order valence-corrected chi connectivity index (χ1v) is 10.9. The first-order chi connectivity index (χ1) is 10.8. The smallest absolute Gasteiger partial charge is 0.323 e. The van der Waals surface area contributed by atoms with Gasteiger partial charge >= 0.3 is 5.97 Å². The van der Waals surface area contributed by atoms with Crippen LogP contribution in [-0.2, 0) is 23.4 Å². The second kappa shape index (κ2) is 9.95. The van der Waals surface area contributed by atoms with Gasteiger partial charge in [0.1, 0.15) is 6.04 Å². The molecule has 0 radical (unpaired) electrons. The molecule has 24 heavy (non-hydrogen) atoms. The average Bonchev–Trinajstić information content (AvgIpc) is 2.41. The highest BCUT2D eigenvalue weighted by atomic mass is 32.2. The summed E-state index contributed by atoms with van der Waals surface area (Å²) >= 11 is 1.16. The number of esters is 1. The third-order valence-electron chi connectivity index (χ3n) is 2.97. The Morgan fingerprint density at radius 2 is 1.67 bits per heavy atom. The molecule has 0 fully saturated rings. The van der Waals surface area contributed by atoms with Gasteiger partial charge in [0.05, 0.1) is 12.7 Å². The van der Waals surface area contributed by atoms with E-state index < -0.39 is 24.9 Å². The van der Waals surface area contributed by atoms with Crippen molar-refractivity contribution in [2.24, 2.45) is 5.41 Å². The monoisotopic (exact) mass is 381 g/mol. The third-order valence-corrected chi connectivity index (χ3v) is 6.89. The fourth-order valence-electron chi connectivity index (χ4n) is 1.52. The van der Waals surface area contributed by atoms with Crippen molar-refractivity contribution >= 4 is 30.4 Å². The number of thioether (sulfide) groups is 1. The summed E-state index contributed by atoms with van der Waals surface area (Å²) in [4.78, 5) is 23.7. The Kier molecular flexibility index (Phi) is 9.80. The number of rotatable bonds is 9. The lowest BCUT2D eigenvalue weighted by atomic mass is 10.00. The van der Waals surface area contributed by atoms with Crippen LogP contribution in [0.25, 0.3) is 0 Å².